The van der Waals surface area contributed by atoms with E-state index in [1.165, 1.54) is 0 Å². The summed E-state index contributed by atoms with van der Waals surface area (Å²) < 4.78 is 5.40. The molecule has 0 aliphatic carbocycles. The lowest BCUT2D eigenvalue weighted by atomic mass is 10.2. The molecule has 80 valence electrons. The molecular formula is C11H14N2O2. The summed E-state index contributed by atoms with van der Waals surface area (Å²) in [6.45, 7) is 1.81. The Hall–Kier alpha value is -1.39. The van der Waals surface area contributed by atoms with E-state index in [9.17, 15) is 5.11 Å². The maximum Gasteiger partial charge on any atom is 0.192 e. The molecule has 1 N–H and O–H groups in total. The number of aryl methyl sites for hydroxylation is 1. The van der Waals surface area contributed by atoms with Crippen LogP contribution >= 0.6 is 0 Å². The number of aliphatic hydroxyl groups is 1. The highest BCUT2D eigenvalue weighted by Crippen LogP contribution is 2.21. The molecule has 0 amide bonds. The van der Waals surface area contributed by atoms with E-state index in [0.717, 1.165) is 11.1 Å². The number of hydrogen-bond donors (Lipinski definition) is 1. The van der Waals surface area contributed by atoms with Crippen molar-refractivity contribution in [3.05, 3.63) is 29.7 Å². The van der Waals surface area contributed by atoms with Crippen LogP contribution in [0, 0.1) is 6.92 Å². The highest BCUT2D eigenvalue weighted by molar-refractivity contribution is 5.73. The van der Waals surface area contributed by atoms with Crippen LogP contribution in [0.4, 0.5) is 0 Å². The Labute approximate surface area is 88.1 Å². The van der Waals surface area contributed by atoms with Crippen molar-refractivity contribution in [3.63, 3.8) is 0 Å². The van der Waals surface area contributed by atoms with Gasteiger partial charge in [-0.2, -0.15) is 0 Å². The third kappa shape index (κ3) is 1.86. The Bertz CT molecular complexity index is 476. The van der Waals surface area contributed by atoms with Crippen molar-refractivity contribution < 1.29 is 9.52 Å². The molecule has 0 aliphatic rings. The van der Waals surface area contributed by atoms with Crippen molar-refractivity contribution in [2.45, 2.75) is 13.2 Å². The summed E-state index contributed by atoms with van der Waals surface area (Å²) in [6.07, 6.45) is -0.611. The van der Waals surface area contributed by atoms with Crippen molar-refractivity contribution in [1.82, 2.24) is 9.88 Å². The van der Waals surface area contributed by atoms with E-state index in [-0.39, 0.29) is 0 Å². The number of nitrogens with zero attached hydrogens (tertiary/aromatic N) is 2. The first-order valence-corrected chi connectivity index (χ1v) is 4.79. The van der Waals surface area contributed by atoms with Gasteiger partial charge < -0.3 is 9.52 Å². The van der Waals surface area contributed by atoms with Gasteiger partial charge in [0.1, 0.15) is 11.7 Å². The van der Waals surface area contributed by atoms with E-state index >= 15 is 0 Å². The largest absolute Gasteiger partial charge is 0.441 e. The first-order chi connectivity index (χ1) is 7.08. The van der Waals surface area contributed by atoms with Gasteiger partial charge in [0.15, 0.2) is 11.5 Å². The highest BCUT2D eigenvalue weighted by atomic mass is 16.3. The number of aromatic nitrogens is 1. The average Bonchev–Trinajstić information content (AvgIpc) is 2.55. The lowest BCUT2D eigenvalue weighted by Crippen LogP contribution is -2.18. The molecule has 1 unspecified atom stereocenters. The number of hydrogen-bond acceptors (Lipinski definition) is 4. The van der Waals surface area contributed by atoms with Crippen LogP contribution in [0.5, 0.6) is 0 Å². The minimum atomic E-state index is -0.611. The minimum absolute atomic E-state index is 0.611. The summed E-state index contributed by atoms with van der Waals surface area (Å²) >= 11 is 0. The predicted molar refractivity (Wildman–Crippen MR) is 57.4 cm³/mol. The van der Waals surface area contributed by atoms with Gasteiger partial charge in [-0.15, -0.1) is 0 Å². The van der Waals surface area contributed by atoms with Crippen molar-refractivity contribution >= 4 is 11.1 Å². The second kappa shape index (κ2) is 3.64. The Morgan fingerprint density at radius 2 is 2.13 bits per heavy atom. The average molecular weight is 206 g/mol. The van der Waals surface area contributed by atoms with E-state index < -0.39 is 6.23 Å². The van der Waals surface area contributed by atoms with Crippen LogP contribution in [0.1, 0.15) is 17.7 Å². The molecule has 4 nitrogen and oxygen atoms in total. The first-order valence-electron chi connectivity index (χ1n) is 4.79. The summed E-state index contributed by atoms with van der Waals surface area (Å²) in [7, 11) is 3.64. The molecule has 4 heteroatoms. The fraction of sp³-hybridized carbons (Fsp3) is 0.364. The SMILES string of the molecule is Cc1nc2ccc(C(O)N(C)C)cc2o1. The zero-order valence-electron chi connectivity index (χ0n) is 9.06. The molecule has 0 spiro atoms. The summed E-state index contributed by atoms with van der Waals surface area (Å²) in [5, 5.41) is 9.83. The number of oxazole rings is 1. The van der Waals surface area contributed by atoms with E-state index in [2.05, 4.69) is 4.98 Å². The molecule has 0 saturated heterocycles. The molecule has 0 bridgehead atoms. The van der Waals surface area contributed by atoms with Gasteiger partial charge in [0.2, 0.25) is 0 Å². The van der Waals surface area contributed by atoms with Crippen molar-refractivity contribution in [3.8, 4) is 0 Å². The van der Waals surface area contributed by atoms with Gasteiger partial charge in [-0.25, -0.2) is 4.98 Å². The minimum Gasteiger partial charge on any atom is -0.441 e. The van der Waals surface area contributed by atoms with Crippen LogP contribution in [-0.2, 0) is 0 Å². The number of rotatable bonds is 2. The molecule has 0 fully saturated rings. The zero-order valence-corrected chi connectivity index (χ0v) is 9.06. The summed E-state index contributed by atoms with van der Waals surface area (Å²) in [4.78, 5) is 5.92. The Kier molecular flexibility index (Phi) is 2.46. The van der Waals surface area contributed by atoms with Crippen LogP contribution in [-0.4, -0.2) is 29.1 Å². The highest BCUT2D eigenvalue weighted by Gasteiger charge is 2.11. The molecule has 15 heavy (non-hydrogen) atoms. The standard InChI is InChI=1S/C11H14N2O2/c1-7-12-9-5-4-8(6-10(9)15-7)11(14)13(2)3/h4-6,11,14H,1-3H3. The smallest absolute Gasteiger partial charge is 0.192 e. The number of benzene rings is 1. The monoisotopic (exact) mass is 206 g/mol. The lowest BCUT2D eigenvalue weighted by molar-refractivity contribution is 0.0396. The fourth-order valence-electron chi connectivity index (χ4n) is 1.52. The van der Waals surface area contributed by atoms with E-state index in [1.807, 2.05) is 39.2 Å². The lowest BCUT2D eigenvalue weighted by Gasteiger charge is -2.18. The normalized spacial score (nSPS) is 13.7. The van der Waals surface area contributed by atoms with Crippen LogP contribution in [0.3, 0.4) is 0 Å². The van der Waals surface area contributed by atoms with Gasteiger partial charge in [-0.3, -0.25) is 4.90 Å². The molecule has 1 heterocycles. The Balaban J connectivity index is 2.46. The molecule has 0 radical (unpaired) electrons. The summed E-state index contributed by atoms with van der Waals surface area (Å²) in [5.41, 5.74) is 2.34. The predicted octanol–water partition coefficient (Wildman–Crippen LogP) is 1.69. The summed E-state index contributed by atoms with van der Waals surface area (Å²) in [5.74, 6) is 0.640. The Morgan fingerprint density at radius 3 is 2.80 bits per heavy atom. The van der Waals surface area contributed by atoms with Gasteiger partial charge in [0, 0.05) is 6.92 Å². The first kappa shape index (κ1) is 10.1. The molecule has 0 aliphatic heterocycles. The fourth-order valence-corrected chi connectivity index (χ4v) is 1.52. The quantitative estimate of drug-likeness (QED) is 0.760. The van der Waals surface area contributed by atoms with Crippen LogP contribution in [0.25, 0.3) is 11.1 Å². The molecule has 1 atom stereocenters. The van der Waals surface area contributed by atoms with Crippen molar-refractivity contribution in [1.29, 1.82) is 0 Å². The molecule has 2 aromatic rings. The van der Waals surface area contributed by atoms with Crippen molar-refractivity contribution in [2.75, 3.05) is 14.1 Å². The summed E-state index contributed by atoms with van der Waals surface area (Å²) in [6, 6.07) is 5.53. The van der Waals surface area contributed by atoms with E-state index in [4.69, 9.17) is 4.42 Å². The van der Waals surface area contributed by atoms with Crippen LogP contribution < -0.4 is 0 Å². The van der Waals surface area contributed by atoms with Crippen molar-refractivity contribution in [2.24, 2.45) is 0 Å². The third-order valence-electron chi connectivity index (χ3n) is 2.31. The second-order valence-electron chi connectivity index (χ2n) is 3.80. The topological polar surface area (TPSA) is 49.5 Å². The van der Waals surface area contributed by atoms with Gasteiger partial charge >= 0.3 is 0 Å². The Morgan fingerprint density at radius 1 is 1.40 bits per heavy atom. The van der Waals surface area contributed by atoms with E-state index in [0.29, 0.717) is 11.5 Å². The third-order valence-corrected chi connectivity index (χ3v) is 2.31. The second-order valence-corrected chi connectivity index (χ2v) is 3.80. The molecule has 1 aromatic heterocycles. The molecular weight excluding hydrogens is 192 g/mol. The molecule has 0 saturated carbocycles. The van der Waals surface area contributed by atoms with Gasteiger partial charge in [-0.1, -0.05) is 6.07 Å². The maximum atomic E-state index is 9.83. The number of fused-ring (bicyclic) bond motifs is 1. The maximum absolute atomic E-state index is 9.83. The molecule has 2 rings (SSSR count). The zero-order chi connectivity index (χ0) is 11.0. The van der Waals surface area contributed by atoms with Crippen LogP contribution in [0.15, 0.2) is 22.6 Å². The molecule has 1 aromatic carbocycles. The van der Waals surface area contributed by atoms with Gasteiger partial charge in [-0.05, 0) is 31.8 Å². The van der Waals surface area contributed by atoms with Gasteiger partial charge in [0.25, 0.3) is 0 Å². The van der Waals surface area contributed by atoms with E-state index in [1.54, 1.807) is 4.90 Å². The van der Waals surface area contributed by atoms with Crippen LogP contribution in [0.2, 0.25) is 0 Å². The van der Waals surface area contributed by atoms with Gasteiger partial charge in [0.05, 0.1) is 0 Å². The number of aliphatic hydroxyl groups excluding tert-OH is 1.